The number of carbonyl (C=O) groups is 6. The van der Waals surface area contributed by atoms with E-state index in [1.165, 1.54) is 70.5 Å². The summed E-state index contributed by atoms with van der Waals surface area (Å²) in [4.78, 5) is 81.2. The minimum absolute atomic E-state index is 0.00809. The molecule has 0 aliphatic carbocycles. The van der Waals surface area contributed by atoms with E-state index in [9.17, 15) is 28.8 Å². The first kappa shape index (κ1) is 56.6. The number of hydrogen-bond donors (Lipinski definition) is 0. The van der Waals surface area contributed by atoms with Gasteiger partial charge in [0.05, 0.1) is 65.9 Å². The summed E-state index contributed by atoms with van der Waals surface area (Å²) in [6, 6.07) is 13.2. The second kappa shape index (κ2) is 24.6. The second-order valence-corrected chi connectivity index (χ2v) is 17.5. The summed E-state index contributed by atoms with van der Waals surface area (Å²) < 4.78 is 127. The zero-order valence-corrected chi connectivity index (χ0v) is 42.2. The van der Waals surface area contributed by atoms with Crippen molar-refractivity contribution in [2.24, 2.45) is 0 Å². The number of piperazine rings is 2. The minimum atomic E-state index is -5.28. The molecule has 0 N–H and O–H groups in total. The summed E-state index contributed by atoms with van der Waals surface area (Å²) >= 11 is 0.175. The molecule has 400 valence electrons. The van der Waals surface area contributed by atoms with Gasteiger partial charge in [0.1, 0.15) is 23.6 Å². The van der Waals surface area contributed by atoms with E-state index < -0.39 is 92.4 Å². The first-order valence-corrected chi connectivity index (χ1v) is 23.9. The number of methoxy groups -OCH3 is 4. The van der Waals surface area contributed by atoms with E-state index in [1.54, 1.807) is 13.8 Å². The Morgan fingerprint density at radius 3 is 1.25 bits per heavy atom. The second-order valence-electron chi connectivity index (χ2n) is 16.4. The quantitative estimate of drug-likeness (QED) is 0.0508. The molecule has 75 heavy (non-hydrogen) atoms. The molecule has 2 atom stereocenters. The Hall–Kier alpha value is -7.69. The van der Waals surface area contributed by atoms with Gasteiger partial charge in [-0.15, -0.1) is 0 Å². The predicted molar refractivity (Wildman–Crippen MR) is 261 cm³/mol. The van der Waals surface area contributed by atoms with E-state index >= 15 is 26.3 Å². The van der Waals surface area contributed by atoms with Gasteiger partial charge in [0.25, 0.3) is 0 Å². The summed E-state index contributed by atoms with van der Waals surface area (Å²) in [5.41, 5.74) is -4.49. The van der Waals surface area contributed by atoms with Gasteiger partial charge in [0.15, 0.2) is 0 Å². The van der Waals surface area contributed by atoms with Gasteiger partial charge >= 0.3 is 36.5 Å². The number of benzene rings is 4. The van der Waals surface area contributed by atoms with E-state index in [4.69, 9.17) is 28.4 Å². The molecule has 4 aromatic carbocycles. The Bertz CT molecular complexity index is 2670. The number of nitrogens with zero attached hydrogens (tertiary/aromatic N) is 4. The Labute approximate surface area is 431 Å². The van der Waals surface area contributed by atoms with Gasteiger partial charge in [-0.05, 0) is 61.4 Å². The highest BCUT2D eigenvalue weighted by Crippen LogP contribution is 2.53. The van der Waals surface area contributed by atoms with Crippen LogP contribution in [0.2, 0.25) is 0 Å². The third kappa shape index (κ3) is 12.8. The molecule has 2 unspecified atom stereocenters. The number of amides is 4. The molecule has 2 fully saturated rings. The van der Waals surface area contributed by atoms with Crippen molar-refractivity contribution >= 4 is 59.9 Å². The fourth-order valence-electron chi connectivity index (χ4n) is 8.69. The number of alkyl halides is 6. The SMILES string of the molecule is CCOc1ccccc1-c1c(C=CC(=O)N2CCN(C(=O)OC)CC2C(=O)OC)ccc(Sc2ccc(C=CC(=O)N3CCN(C(=O)OC)CC3C(=O)OC)c(-c3ccccc3OCC)c2C(F)(F)F)c1C(F)(F)F. The molecular weight excluding hydrogens is 1020 g/mol. The Morgan fingerprint density at radius 1 is 0.547 bits per heavy atom. The average Bonchev–Trinajstić information content (AvgIpc) is 3.40. The van der Waals surface area contributed by atoms with Gasteiger partial charge in [-0.25, -0.2) is 19.2 Å². The number of esters is 2. The topological polar surface area (TPSA) is 171 Å². The molecule has 2 aliphatic rings. The highest BCUT2D eigenvalue weighted by molar-refractivity contribution is 7.99. The molecule has 23 heteroatoms. The molecular formula is C52H52F6N4O12S. The van der Waals surface area contributed by atoms with Crippen molar-refractivity contribution in [2.75, 3.05) is 80.9 Å². The summed E-state index contributed by atoms with van der Waals surface area (Å²) in [6.07, 6.45) is -8.03. The van der Waals surface area contributed by atoms with E-state index in [0.29, 0.717) is 0 Å². The maximum atomic E-state index is 16.0. The monoisotopic (exact) mass is 1070 g/mol. The van der Waals surface area contributed by atoms with Crippen molar-refractivity contribution in [3.05, 3.63) is 107 Å². The van der Waals surface area contributed by atoms with Crippen LogP contribution in [0, 0.1) is 0 Å². The van der Waals surface area contributed by atoms with Gasteiger partial charge < -0.3 is 48.0 Å². The first-order chi connectivity index (χ1) is 35.7. The molecule has 0 bridgehead atoms. The summed E-state index contributed by atoms with van der Waals surface area (Å²) in [5, 5.41) is 0. The van der Waals surface area contributed by atoms with Gasteiger partial charge in [-0.2, -0.15) is 26.3 Å². The third-order valence-corrected chi connectivity index (χ3v) is 13.2. The summed E-state index contributed by atoms with van der Waals surface area (Å²) in [7, 11) is 4.43. The molecule has 16 nitrogen and oxygen atoms in total. The molecule has 2 aliphatic heterocycles. The number of rotatable bonds is 14. The van der Waals surface area contributed by atoms with Crippen molar-refractivity contribution in [3.63, 3.8) is 0 Å². The van der Waals surface area contributed by atoms with Crippen LogP contribution in [0.1, 0.15) is 36.1 Å². The van der Waals surface area contributed by atoms with E-state index in [1.807, 2.05) is 0 Å². The number of para-hydroxylation sites is 2. The lowest BCUT2D eigenvalue weighted by atomic mass is 9.92. The molecule has 0 spiro atoms. The lowest BCUT2D eigenvalue weighted by molar-refractivity contribution is -0.154. The number of ether oxygens (including phenoxy) is 6. The van der Waals surface area contributed by atoms with E-state index in [0.717, 1.165) is 74.7 Å². The molecule has 0 saturated carbocycles. The smallest absolute Gasteiger partial charge is 0.418 e. The summed E-state index contributed by atoms with van der Waals surface area (Å²) in [5.74, 6) is -3.45. The van der Waals surface area contributed by atoms with Crippen molar-refractivity contribution < 1.29 is 83.5 Å². The fourth-order valence-corrected chi connectivity index (χ4v) is 9.84. The van der Waals surface area contributed by atoms with Gasteiger partial charge in [0, 0.05) is 70.4 Å². The van der Waals surface area contributed by atoms with Gasteiger partial charge in [0.2, 0.25) is 11.8 Å². The van der Waals surface area contributed by atoms with Gasteiger partial charge in [-0.3, -0.25) is 9.59 Å². The van der Waals surface area contributed by atoms with Crippen LogP contribution in [0.15, 0.2) is 94.7 Å². The van der Waals surface area contributed by atoms with Crippen LogP contribution in [0.5, 0.6) is 11.5 Å². The number of carbonyl (C=O) groups excluding carboxylic acids is 6. The van der Waals surface area contributed by atoms with Crippen LogP contribution >= 0.6 is 11.8 Å². The highest BCUT2D eigenvalue weighted by atomic mass is 32.2. The first-order valence-electron chi connectivity index (χ1n) is 23.1. The Morgan fingerprint density at radius 2 is 0.920 bits per heavy atom. The minimum Gasteiger partial charge on any atom is -0.493 e. The molecule has 2 heterocycles. The Kier molecular flexibility index (Phi) is 18.5. The lowest BCUT2D eigenvalue weighted by Crippen LogP contribution is -2.59. The maximum absolute atomic E-state index is 16.0. The predicted octanol–water partition coefficient (Wildman–Crippen LogP) is 8.94. The van der Waals surface area contributed by atoms with Gasteiger partial charge in [-0.1, -0.05) is 60.3 Å². The van der Waals surface area contributed by atoms with Crippen LogP contribution < -0.4 is 9.47 Å². The normalized spacial score (nSPS) is 16.2. The summed E-state index contributed by atoms with van der Waals surface area (Å²) in [6.45, 7) is 2.13. The molecule has 6 rings (SSSR count). The molecule has 4 aromatic rings. The lowest BCUT2D eigenvalue weighted by Gasteiger charge is -2.38. The van der Waals surface area contributed by atoms with Crippen molar-refractivity contribution in [1.82, 2.24) is 19.6 Å². The largest absolute Gasteiger partial charge is 0.493 e. The Balaban J connectivity index is 1.53. The molecule has 2 saturated heterocycles. The zero-order valence-electron chi connectivity index (χ0n) is 41.4. The van der Waals surface area contributed by atoms with Crippen molar-refractivity contribution in [2.45, 2.75) is 48.1 Å². The van der Waals surface area contributed by atoms with Crippen molar-refractivity contribution in [3.8, 4) is 33.8 Å². The average molecular weight is 1070 g/mol. The van der Waals surface area contributed by atoms with E-state index in [2.05, 4.69) is 0 Å². The van der Waals surface area contributed by atoms with Crippen LogP contribution in [0.4, 0.5) is 35.9 Å². The third-order valence-electron chi connectivity index (χ3n) is 12.0. The maximum Gasteiger partial charge on any atom is 0.418 e. The highest BCUT2D eigenvalue weighted by Gasteiger charge is 2.43. The van der Waals surface area contributed by atoms with Crippen LogP contribution in [0.3, 0.4) is 0 Å². The molecule has 0 aromatic heterocycles. The number of hydrogen-bond acceptors (Lipinski definition) is 13. The molecule has 0 radical (unpaired) electrons. The van der Waals surface area contributed by atoms with Crippen molar-refractivity contribution in [1.29, 1.82) is 0 Å². The fraction of sp³-hybridized carbons (Fsp3) is 0.346. The standard InChI is InChI=1S/C52H52F6N4O12S/c1-7-73-37-15-11-9-13-33(37)43-31(19-23-41(63)61-27-25-59(49(67)71-5)29-35(61)47(65)69-3)17-21-39(45(43)51(53,54)55)75-40-22-18-32(44(46(40)52(56,57)58)34-14-10-12-16-38(34)74-8-2)20-24-42(64)62-28-26-60(50(68)72-6)30-36(62)48(66)70-4/h9-24,35-36H,7-8,25-30H2,1-6H3. The van der Waals surface area contributed by atoms with Crippen LogP contribution in [0.25, 0.3) is 34.4 Å². The van der Waals surface area contributed by atoms with E-state index in [-0.39, 0.29) is 98.0 Å². The number of halogens is 6. The molecule has 4 amide bonds. The van der Waals surface area contributed by atoms with Crippen LogP contribution in [-0.4, -0.2) is 149 Å². The van der Waals surface area contributed by atoms with Crippen LogP contribution in [-0.2, 0) is 50.5 Å². The zero-order chi connectivity index (χ0) is 54.8.